The molecule has 3 saturated carbocycles. The zero-order valence-corrected chi connectivity index (χ0v) is 20.9. The van der Waals surface area contributed by atoms with Gasteiger partial charge in [-0.2, -0.15) is 0 Å². The van der Waals surface area contributed by atoms with E-state index in [9.17, 15) is 19.1 Å². The summed E-state index contributed by atoms with van der Waals surface area (Å²) in [6.45, 7) is -0.440. The van der Waals surface area contributed by atoms with E-state index >= 15 is 0 Å². The number of rotatable bonds is 8. The molecule has 3 fully saturated rings. The van der Waals surface area contributed by atoms with Crippen molar-refractivity contribution < 1.29 is 28.6 Å². The van der Waals surface area contributed by atoms with E-state index in [0.29, 0.717) is 37.9 Å². The van der Waals surface area contributed by atoms with Gasteiger partial charge in [0.25, 0.3) is 11.8 Å². The monoisotopic (exact) mass is 526 g/mol. The fraction of sp³-hybridized carbons (Fsp3) is 0.357. The van der Waals surface area contributed by atoms with Crippen molar-refractivity contribution in [3.05, 3.63) is 71.5 Å². The van der Waals surface area contributed by atoms with E-state index in [1.165, 1.54) is 12.1 Å². The quantitative estimate of drug-likeness (QED) is 0.410. The predicted molar refractivity (Wildman–Crippen MR) is 137 cm³/mol. The Balaban J connectivity index is 1.12. The Labute approximate surface area is 218 Å². The standard InChI is InChI=1S/C28H28ClFN2O5/c29-22-8-7-21(14-23(22)30)37-17-26(35)32-28-11-9-27(10-12-28,15-24(28)33)31-25(34)16-36-20-6-5-18-3-1-2-4-19(18)13-20/h1-8,13-14,24,33H,9-12,15-17H2,(H,31,34)(H,32,35)/t24-,27?,28?/m0/s1. The number of aliphatic hydroxyl groups excluding tert-OH is 1. The smallest absolute Gasteiger partial charge is 0.258 e. The normalized spacial score (nSPS) is 24.5. The van der Waals surface area contributed by atoms with Crippen LogP contribution in [-0.2, 0) is 9.59 Å². The number of carbonyl (C=O) groups is 2. The molecule has 3 N–H and O–H groups in total. The zero-order chi connectivity index (χ0) is 26.0. The van der Waals surface area contributed by atoms with E-state index in [2.05, 4.69) is 10.6 Å². The molecule has 0 radical (unpaired) electrons. The number of hydrogen-bond donors (Lipinski definition) is 3. The summed E-state index contributed by atoms with van der Waals surface area (Å²) in [5.74, 6) is -0.479. The molecule has 0 unspecified atom stereocenters. The Hall–Kier alpha value is -3.36. The summed E-state index contributed by atoms with van der Waals surface area (Å²) in [5, 5.41) is 19.0. The van der Waals surface area contributed by atoms with Crippen molar-refractivity contribution in [1.29, 1.82) is 0 Å². The average Bonchev–Trinajstić information content (AvgIpc) is 2.89. The number of benzene rings is 3. The van der Waals surface area contributed by atoms with E-state index in [-0.39, 0.29) is 29.9 Å². The molecular formula is C28H28ClFN2O5. The molecule has 0 heterocycles. The molecule has 7 nitrogen and oxygen atoms in total. The van der Waals surface area contributed by atoms with Crippen molar-refractivity contribution in [2.45, 2.75) is 49.3 Å². The Morgan fingerprint density at radius 2 is 1.51 bits per heavy atom. The molecule has 37 heavy (non-hydrogen) atoms. The predicted octanol–water partition coefficient (Wildman–Crippen LogP) is 4.14. The minimum absolute atomic E-state index is 0.0287. The lowest BCUT2D eigenvalue weighted by Gasteiger charge is -2.56. The molecule has 0 saturated heterocycles. The Bertz CT molecular complexity index is 1320. The van der Waals surface area contributed by atoms with Gasteiger partial charge >= 0.3 is 0 Å². The second-order valence-corrected chi connectivity index (χ2v) is 10.3. The van der Waals surface area contributed by atoms with Crippen LogP contribution >= 0.6 is 11.6 Å². The van der Waals surface area contributed by atoms with Gasteiger partial charge in [-0.1, -0.05) is 41.9 Å². The first-order valence-corrected chi connectivity index (χ1v) is 12.6. The molecule has 6 rings (SSSR count). The van der Waals surface area contributed by atoms with Gasteiger partial charge in [-0.25, -0.2) is 4.39 Å². The van der Waals surface area contributed by atoms with Crippen LogP contribution < -0.4 is 20.1 Å². The molecule has 3 aromatic carbocycles. The third kappa shape index (κ3) is 5.50. The van der Waals surface area contributed by atoms with Gasteiger partial charge in [0.15, 0.2) is 13.2 Å². The molecule has 0 aliphatic heterocycles. The largest absolute Gasteiger partial charge is 0.484 e. The number of nitrogens with one attached hydrogen (secondary N) is 2. The summed E-state index contributed by atoms with van der Waals surface area (Å²) >= 11 is 5.67. The molecule has 3 aliphatic rings. The van der Waals surface area contributed by atoms with Crippen molar-refractivity contribution in [2.24, 2.45) is 0 Å². The van der Waals surface area contributed by atoms with Gasteiger partial charge in [-0.15, -0.1) is 0 Å². The second-order valence-electron chi connectivity index (χ2n) is 9.91. The van der Waals surface area contributed by atoms with Crippen molar-refractivity contribution in [1.82, 2.24) is 10.6 Å². The van der Waals surface area contributed by atoms with E-state index in [1.54, 1.807) is 0 Å². The first kappa shape index (κ1) is 25.3. The average molecular weight is 527 g/mol. The lowest BCUT2D eigenvalue weighted by atomic mass is 9.60. The van der Waals surface area contributed by atoms with Crippen LogP contribution in [0.25, 0.3) is 10.8 Å². The van der Waals surface area contributed by atoms with Crippen molar-refractivity contribution >= 4 is 34.2 Å². The van der Waals surface area contributed by atoms with Gasteiger partial charge in [0, 0.05) is 11.6 Å². The number of hydrogen-bond acceptors (Lipinski definition) is 5. The molecule has 9 heteroatoms. The third-order valence-corrected chi connectivity index (χ3v) is 7.77. The fourth-order valence-electron chi connectivity index (χ4n) is 5.43. The molecule has 1 atom stereocenters. The van der Waals surface area contributed by atoms with Crippen LogP contribution in [0.2, 0.25) is 5.02 Å². The van der Waals surface area contributed by atoms with E-state index in [1.807, 2.05) is 42.5 Å². The van der Waals surface area contributed by atoms with Crippen molar-refractivity contribution in [3.8, 4) is 11.5 Å². The molecule has 2 bridgehead atoms. The minimum Gasteiger partial charge on any atom is -0.484 e. The molecule has 2 amide bonds. The highest BCUT2D eigenvalue weighted by Gasteiger charge is 2.55. The Morgan fingerprint density at radius 3 is 2.19 bits per heavy atom. The van der Waals surface area contributed by atoms with Crippen LogP contribution in [0.15, 0.2) is 60.7 Å². The highest BCUT2D eigenvalue weighted by atomic mass is 35.5. The topological polar surface area (TPSA) is 96.9 Å². The maximum atomic E-state index is 13.6. The molecule has 194 valence electrons. The number of amides is 2. The van der Waals surface area contributed by atoms with Gasteiger partial charge in [-0.05, 0) is 67.1 Å². The van der Waals surface area contributed by atoms with Crippen LogP contribution in [0, 0.1) is 5.82 Å². The highest BCUT2D eigenvalue weighted by molar-refractivity contribution is 6.30. The number of fused-ring (bicyclic) bond motifs is 4. The van der Waals surface area contributed by atoms with Crippen LogP contribution in [0.1, 0.15) is 32.1 Å². The SMILES string of the molecule is O=C(COc1ccc2ccccc2c1)NC12CCC(NC(=O)COc3ccc(Cl)c(F)c3)(CC1)[C@@H](O)C2. The van der Waals surface area contributed by atoms with E-state index < -0.39 is 28.9 Å². The molecule has 3 aromatic rings. The lowest BCUT2D eigenvalue weighted by Crippen LogP contribution is -2.70. The van der Waals surface area contributed by atoms with Gasteiger partial charge in [0.05, 0.1) is 16.7 Å². The van der Waals surface area contributed by atoms with Gasteiger partial charge < -0.3 is 25.2 Å². The van der Waals surface area contributed by atoms with Gasteiger partial charge in [0.1, 0.15) is 17.3 Å². The summed E-state index contributed by atoms with van der Waals surface area (Å²) in [4.78, 5) is 25.3. The maximum Gasteiger partial charge on any atom is 0.258 e. The number of aliphatic hydroxyl groups is 1. The highest BCUT2D eigenvalue weighted by Crippen LogP contribution is 2.47. The Kier molecular flexibility index (Phi) is 6.96. The first-order valence-electron chi connectivity index (χ1n) is 12.3. The number of carbonyl (C=O) groups excluding carboxylic acids is 2. The van der Waals surface area contributed by atoms with Crippen molar-refractivity contribution in [3.63, 3.8) is 0 Å². The minimum atomic E-state index is -0.825. The van der Waals surface area contributed by atoms with Crippen LogP contribution in [-0.4, -0.2) is 47.3 Å². The fourth-order valence-corrected chi connectivity index (χ4v) is 5.55. The third-order valence-electron chi connectivity index (χ3n) is 7.47. The zero-order valence-electron chi connectivity index (χ0n) is 20.1. The molecule has 0 aromatic heterocycles. The molecule has 0 spiro atoms. The van der Waals surface area contributed by atoms with Gasteiger partial charge in [-0.3, -0.25) is 9.59 Å². The lowest BCUT2D eigenvalue weighted by molar-refractivity contribution is -0.137. The Morgan fingerprint density at radius 1 is 0.892 bits per heavy atom. The van der Waals surface area contributed by atoms with Gasteiger partial charge in [0.2, 0.25) is 0 Å². The van der Waals surface area contributed by atoms with E-state index in [0.717, 1.165) is 16.8 Å². The maximum absolute atomic E-state index is 13.6. The summed E-state index contributed by atoms with van der Waals surface area (Å²) in [5.41, 5.74) is -1.31. The summed E-state index contributed by atoms with van der Waals surface area (Å²) in [6.07, 6.45) is 1.78. The number of halogens is 2. The first-order chi connectivity index (χ1) is 17.8. The molecular weight excluding hydrogens is 499 g/mol. The molecule has 3 aliphatic carbocycles. The summed E-state index contributed by atoms with van der Waals surface area (Å²) in [7, 11) is 0. The van der Waals surface area contributed by atoms with E-state index in [4.69, 9.17) is 21.1 Å². The summed E-state index contributed by atoms with van der Waals surface area (Å²) < 4.78 is 24.7. The second kappa shape index (κ2) is 10.2. The van der Waals surface area contributed by atoms with Crippen LogP contribution in [0.4, 0.5) is 4.39 Å². The van der Waals surface area contributed by atoms with Crippen molar-refractivity contribution in [2.75, 3.05) is 13.2 Å². The summed E-state index contributed by atoms with van der Waals surface area (Å²) in [6, 6.07) is 17.6. The van der Waals surface area contributed by atoms with Crippen LogP contribution in [0.5, 0.6) is 11.5 Å². The number of ether oxygens (including phenoxy) is 2. The van der Waals surface area contributed by atoms with Crippen LogP contribution in [0.3, 0.4) is 0 Å².